The van der Waals surface area contributed by atoms with E-state index in [9.17, 15) is 15.0 Å². The smallest absolute Gasteiger partial charge is 0.479 e. The van der Waals surface area contributed by atoms with Gasteiger partial charge in [-0.3, -0.25) is 0 Å². The number of H-pyrrole nitrogens is 1. The number of hydrogen-bond donors (Lipinski definition) is 3. The zero-order valence-electron chi connectivity index (χ0n) is 14.2. The van der Waals surface area contributed by atoms with Crippen molar-refractivity contribution in [3.05, 3.63) is 45.9 Å². The fraction of sp³-hybridized carbons (Fsp3) is 0.250. The number of tetrazole rings is 1. The zero-order valence-corrected chi connectivity index (χ0v) is 14.2. The first-order chi connectivity index (χ1) is 13.6. The molecule has 2 aliphatic carbocycles. The lowest BCUT2D eigenvalue weighted by Crippen LogP contribution is -2.19. The van der Waals surface area contributed by atoms with Crippen molar-refractivity contribution >= 4 is 22.9 Å². The van der Waals surface area contributed by atoms with Crippen molar-refractivity contribution in [2.75, 3.05) is 0 Å². The summed E-state index contributed by atoms with van der Waals surface area (Å²) in [6.07, 6.45) is 5.59. The van der Waals surface area contributed by atoms with E-state index >= 15 is 0 Å². The molecule has 0 aromatic carbocycles. The quantitative estimate of drug-likeness (QED) is 0.568. The number of allylic oxidation sites excluding steroid dienone is 4. The summed E-state index contributed by atoms with van der Waals surface area (Å²) >= 11 is 0. The van der Waals surface area contributed by atoms with Crippen molar-refractivity contribution < 1.29 is 19.0 Å². The van der Waals surface area contributed by atoms with Crippen molar-refractivity contribution in [2.24, 2.45) is 0 Å². The lowest BCUT2D eigenvalue weighted by molar-refractivity contribution is 0.220. The highest BCUT2D eigenvalue weighted by molar-refractivity contribution is 5.90. The van der Waals surface area contributed by atoms with Gasteiger partial charge in [-0.25, -0.2) is 14.5 Å². The fourth-order valence-electron chi connectivity index (χ4n) is 3.38. The molecule has 1 atom stereocenters. The molecule has 28 heavy (non-hydrogen) atoms. The highest BCUT2D eigenvalue weighted by atomic mass is 16.6. The molecule has 3 N–H and O–H groups in total. The molecule has 5 rings (SSSR count). The molecule has 3 aromatic rings. The molecule has 142 valence electrons. The Morgan fingerprint density at radius 1 is 1.25 bits per heavy atom. The third-order valence-corrected chi connectivity index (χ3v) is 4.62. The Labute approximate surface area is 155 Å². The number of aliphatic hydroxyl groups excluding tert-OH is 1. The molecule has 0 spiro atoms. The first-order valence-corrected chi connectivity index (χ1v) is 8.43. The average molecular weight is 383 g/mol. The minimum atomic E-state index is -1.03. The molecular formula is C16H13N7O5. The van der Waals surface area contributed by atoms with Crippen LogP contribution >= 0.6 is 0 Å². The number of aromatic amines is 1. The summed E-state index contributed by atoms with van der Waals surface area (Å²) in [6, 6.07) is -0.367. The summed E-state index contributed by atoms with van der Waals surface area (Å²) in [4.78, 5) is 11.3. The van der Waals surface area contributed by atoms with Gasteiger partial charge in [0, 0.05) is 17.6 Å². The second-order valence-corrected chi connectivity index (χ2v) is 6.27. The van der Waals surface area contributed by atoms with E-state index in [1.165, 1.54) is 10.6 Å². The fourth-order valence-corrected chi connectivity index (χ4v) is 3.38. The lowest BCUT2D eigenvalue weighted by Gasteiger charge is -2.20. The van der Waals surface area contributed by atoms with E-state index < -0.39 is 11.9 Å². The number of fused-ring (bicyclic) bond motifs is 1. The maximum atomic E-state index is 11.3. The first-order valence-electron chi connectivity index (χ1n) is 8.43. The summed E-state index contributed by atoms with van der Waals surface area (Å²) in [5.41, 5.74) is 1.64. The van der Waals surface area contributed by atoms with Gasteiger partial charge in [-0.05, 0) is 35.4 Å². The summed E-state index contributed by atoms with van der Waals surface area (Å²) < 4.78 is 11.3. The van der Waals surface area contributed by atoms with Gasteiger partial charge >= 0.3 is 11.8 Å². The van der Waals surface area contributed by atoms with Crippen LogP contribution in [0.1, 0.15) is 36.0 Å². The van der Waals surface area contributed by atoms with Crippen molar-refractivity contribution in [3.63, 3.8) is 0 Å². The second kappa shape index (κ2) is 6.13. The van der Waals surface area contributed by atoms with Gasteiger partial charge in [-0.2, -0.15) is 0 Å². The average Bonchev–Trinajstić information content (AvgIpc) is 3.40. The van der Waals surface area contributed by atoms with Crippen LogP contribution < -0.4 is 5.82 Å². The van der Waals surface area contributed by atoms with E-state index in [1.54, 1.807) is 6.08 Å². The Morgan fingerprint density at radius 3 is 2.96 bits per heavy atom. The van der Waals surface area contributed by atoms with Crippen LogP contribution in [0.2, 0.25) is 0 Å². The summed E-state index contributed by atoms with van der Waals surface area (Å²) in [6.45, 7) is 0. The minimum Gasteiger partial charge on any atom is -0.479 e. The minimum absolute atomic E-state index is 0.0360. The number of rotatable bonds is 3. The lowest BCUT2D eigenvalue weighted by atomic mass is 9.96. The maximum absolute atomic E-state index is 11.3. The molecule has 3 heterocycles. The van der Waals surface area contributed by atoms with Gasteiger partial charge in [0.15, 0.2) is 23.2 Å². The summed E-state index contributed by atoms with van der Waals surface area (Å²) in [7, 11) is 0. The molecule has 12 nitrogen and oxygen atoms in total. The molecule has 0 radical (unpaired) electrons. The number of nitrogens with zero attached hydrogens (tertiary/aromatic N) is 6. The van der Waals surface area contributed by atoms with Crippen LogP contribution in [0.25, 0.3) is 22.9 Å². The SMILES string of the molecule is O=c1oc2c(o1)CC(O)C(c1nnc(O)n1C1=C(c3nnn[nH]3)CCC=C1)=C2. The highest BCUT2D eigenvalue weighted by Crippen LogP contribution is 2.36. The van der Waals surface area contributed by atoms with E-state index in [0.29, 0.717) is 23.5 Å². The van der Waals surface area contributed by atoms with Crippen LogP contribution in [0.5, 0.6) is 6.01 Å². The molecule has 0 fully saturated rings. The Balaban J connectivity index is 1.70. The van der Waals surface area contributed by atoms with Crippen LogP contribution in [0, 0.1) is 0 Å². The number of nitrogens with one attached hydrogen (secondary N) is 1. The normalized spacial score (nSPS) is 19.0. The van der Waals surface area contributed by atoms with E-state index in [4.69, 9.17) is 8.83 Å². The van der Waals surface area contributed by atoms with Crippen LogP contribution in [-0.4, -0.2) is 51.7 Å². The number of aliphatic hydroxyl groups is 1. The molecule has 0 amide bonds. The van der Waals surface area contributed by atoms with Gasteiger partial charge in [-0.1, -0.05) is 11.2 Å². The Morgan fingerprint density at radius 2 is 2.14 bits per heavy atom. The maximum Gasteiger partial charge on any atom is 0.519 e. The van der Waals surface area contributed by atoms with E-state index in [0.717, 1.165) is 12.0 Å². The van der Waals surface area contributed by atoms with Gasteiger partial charge in [0.05, 0.1) is 11.8 Å². The number of aromatic nitrogens is 7. The van der Waals surface area contributed by atoms with Crippen molar-refractivity contribution in [1.82, 2.24) is 35.4 Å². The van der Waals surface area contributed by atoms with Gasteiger partial charge in [0.2, 0.25) is 0 Å². The van der Waals surface area contributed by atoms with E-state index in [1.807, 2.05) is 6.08 Å². The van der Waals surface area contributed by atoms with E-state index in [-0.39, 0.29) is 29.8 Å². The molecule has 0 saturated heterocycles. The third-order valence-electron chi connectivity index (χ3n) is 4.62. The van der Waals surface area contributed by atoms with Crippen LogP contribution in [0.4, 0.5) is 0 Å². The number of hydrogen-bond acceptors (Lipinski definition) is 10. The monoisotopic (exact) mass is 383 g/mol. The summed E-state index contributed by atoms with van der Waals surface area (Å²) in [5, 5.41) is 42.6. The first kappa shape index (κ1) is 16.4. The van der Waals surface area contributed by atoms with Crippen molar-refractivity contribution in [2.45, 2.75) is 25.4 Å². The van der Waals surface area contributed by atoms with Crippen molar-refractivity contribution in [1.29, 1.82) is 0 Å². The van der Waals surface area contributed by atoms with Crippen LogP contribution in [0.3, 0.4) is 0 Å². The molecule has 0 saturated carbocycles. The molecule has 0 bridgehead atoms. The zero-order chi connectivity index (χ0) is 19.3. The molecule has 2 aliphatic rings. The van der Waals surface area contributed by atoms with Crippen LogP contribution in [0.15, 0.2) is 25.8 Å². The topological polar surface area (TPSA) is 169 Å². The molecule has 1 unspecified atom stereocenters. The predicted octanol–water partition coefficient (Wildman–Crippen LogP) is 0.219. The van der Waals surface area contributed by atoms with Gasteiger partial charge in [-0.15, -0.1) is 10.2 Å². The number of aromatic hydroxyl groups is 1. The Hall–Kier alpha value is -3.80. The van der Waals surface area contributed by atoms with E-state index in [2.05, 4.69) is 30.8 Å². The largest absolute Gasteiger partial charge is 0.519 e. The predicted molar refractivity (Wildman–Crippen MR) is 92.2 cm³/mol. The molecule has 12 heteroatoms. The highest BCUT2D eigenvalue weighted by Gasteiger charge is 2.31. The van der Waals surface area contributed by atoms with Gasteiger partial charge in [0.25, 0.3) is 0 Å². The standard InChI is InChI=1S/C16H13N7O5/c24-10-6-12-11(27-16(26)28-12)5-8(10)14-19-20-15(25)23(14)9-4-2-1-3-7(9)13-17-21-22-18-13/h2,4-5,10,24H,1,3,6H2,(H,20,25)(H,17,18,21,22). The Bertz CT molecular complexity index is 1190. The second-order valence-electron chi connectivity index (χ2n) is 6.27. The molecule has 3 aromatic heterocycles. The van der Waals surface area contributed by atoms with Gasteiger partial charge < -0.3 is 19.0 Å². The van der Waals surface area contributed by atoms with Gasteiger partial charge in [0.1, 0.15) is 0 Å². The van der Waals surface area contributed by atoms with Crippen molar-refractivity contribution in [3.8, 4) is 6.01 Å². The molecule has 0 aliphatic heterocycles. The summed E-state index contributed by atoms with van der Waals surface area (Å²) in [5.74, 6) is 0.261. The van der Waals surface area contributed by atoms with Crippen LogP contribution in [-0.2, 0) is 6.42 Å². The third kappa shape index (κ3) is 2.50. The Kier molecular flexibility index (Phi) is 3.58. The molecular weight excluding hydrogens is 370 g/mol.